The maximum absolute atomic E-state index is 5.66. The predicted molar refractivity (Wildman–Crippen MR) is 180 cm³/mol. The van der Waals surface area contributed by atoms with Crippen molar-refractivity contribution in [2.75, 3.05) is 125 Å². The topological polar surface area (TPSA) is 37.9 Å². The van der Waals surface area contributed by atoms with Crippen molar-refractivity contribution in [2.24, 2.45) is 5.92 Å². The molecule has 8 heteroatoms. The van der Waals surface area contributed by atoms with Gasteiger partial charge in [0.25, 0.3) is 0 Å². The van der Waals surface area contributed by atoms with E-state index in [-0.39, 0.29) is 0 Å². The molecule has 4 saturated heterocycles. The Morgan fingerprint density at radius 3 is 1.50 bits per heavy atom. The average Bonchev–Trinajstić information content (AvgIpc) is 3.00. The summed E-state index contributed by atoms with van der Waals surface area (Å²) >= 11 is 0. The van der Waals surface area contributed by atoms with Gasteiger partial charge in [-0.15, -0.1) is 0 Å². The third kappa shape index (κ3) is 15.6. The number of likely N-dealkylation sites (N-methyl/N-ethyl adjacent to an activating group) is 1. The summed E-state index contributed by atoms with van der Waals surface area (Å²) in [6, 6.07) is 0.838. The Hall–Kier alpha value is -0.320. The number of piperidine rings is 2. The Balaban J connectivity index is 0.000000278. The van der Waals surface area contributed by atoms with Crippen LogP contribution in [0.15, 0.2) is 0 Å². The second-order valence-electron chi connectivity index (χ2n) is 13.3. The Kier molecular flexibility index (Phi) is 20.0. The molecule has 0 unspecified atom stereocenters. The van der Waals surface area contributed by atoms with E-state index in [9.17, 15) is 0 Å². The minimum absolute atomic E-state index is 0.362. The van der Waals surface area contributed by atoms with Crippen LogP contribution in [0, 0.1) is 5.92 Å². The Labute approximate surface area is 262 Å². The highest BCUT2D eigenvalue weighted by molar-refractivity contribution is 4.83. The van der Waals surface area contributed by atoms with Crippen LogP contribution < -0.4 is 0 Å². The molecule has 4 fully saturated rings. The van der Waals surface area contributed by atoms with Crippen LogP contribution in [-0.2, 0) is 9.47 Å². The number of rotatable bonds is 12. The van der Waals surface area contributed by atoms with E-state index in [1.165, 1.54) is 117 Å². The van der Waals surface area contributed by atoms with Gasteiger partial charge in [0.15, 0.2) is 0 Å². The van der Waals surface area contributed by atoms with E-state index in [0.717, 1.165) is 38.3 Å². The molecule has 8 nitrogen and oxygen atoms in total. The van der Waals surface area contributed by atoms with Gasteiger partial charge in [-0.2, -0.15) is 0 Å². The van der Waals surface area contributed by atoms with E-state index in [2.05, 4.69) is 71.1 Å². The molecule has 0 atom stereocenters. The zero-order chi connectivity index (χ0) is 30.7. The van der Waals surface area contributed by atoms with Gasteiger partial charge in [-0.25, -0.2) is 0 Å². The molecule has 0 saturated carbocycles. The van der Waals surface area contributed by atoms with Gasteiger partial charge in [0.1, 0.15) is 0 Å². The van der Waals surface area contributed by atoms with Crippen molar-refractivity contribution < 1.29 is 9.47 Å². The van der Waals surface area contributed by atoms with Crippen LogP contribution in [0.25, 0.3) is 0 Å². The molecule has 0 N–H and O–H groups in total. The van der Waals surface area contributed by atoms with E-state index in [0.29, 0.717) is 12.2 Å². The lowest BCUT2D eigenvalue weighted by atomic mass is 9.96. The summed E-state index contributed by atoms with van der Waals surface area (Å²) < 4.78 is 11.3. The highest BCUT2D eigenvalue weighted by Crippen LogP contribution is 2.19. The molecule has 4 aliphatic rings. The van der Waals surface area contributed by atoms with E-state index >= 15 is 0 Å². The van der Waals surface area contributed by atoms with Crippen LogP contribution in [0.5, 0.6) is 0 Å². The molecule has 4 heterocycles. The molecule has 0 bridgehead atoms. The molecule has 42 heavy (non-hydrogen) atoms. The predicted octanol–water partition coefficient (Wildman–Crippen LogP) is 3.91. The van der Waals surface area contributed by atoms with E-state index in [1.54, 1.807) is 0 Å². The van der Waals surface area contributed by atoms with Crippen LogP contribution in [0.2, 0.25) is 0 Å². The zero-order valence-corrected chi connectivity index (χ0v) is 29.4. The summed E-state index contributed by atoms with van der Waals surface area (Å²) in [5.41, 5.74) is 0. The monoisotopic (exact) mass is 597 g/mol. The van der Waals surface area contributed by atoms with Gasteiger partial charge in [0.05, 0.1) is 25.4 Å². The largest absolute Gasteiger partial charge is 0.377 e. The SMILES string of the molecule is CC.CC(C)OCCN1CCN(C2CCN(C)CC2)CC1.CCN1CCN(CC2CCN(CCOC(C)C)CC2)CC1. The maximum atomic E-state index is 5.66. The smallest absolute Gasteiger partial charge is 0.0596 e. The Morgan fingerprint density at radius 1 is 0.571 bits per heavy atom. The minimum Gasteiger partial charge on any atom is -0.377 e. The summed E-state index contributed by atoms with van der Waals surface area (Å²) in [5, 5.41) is 0. The van der Waals surface area contributed by atoms with Gasteiger partial charge in [-0.05, 0) is 99.1 Å². The highest BCUT2D eigenvalue weighted by Gasteiger charge is 2.26. The summed E-state index contributed by atoms with van der Waals surface area (Å²) in [4.78, 5) is 15.5. The number of hydrogen-bond donors (Lipinski definition) is 0. The maximum Gasteiger partial charge on any atom is 0.0596 e. The molecule has 0 aromatic carbocycles. The van der Waals surface area contributed by atoms with Crippen molar-refractivity contribution in [2.45, 2.75) is 92.4 Å². The van der Waals surface area contributed by atoms with Gasteiger partial charge in [-0.1, -0.05) is 20.8 Å². The fraction of sp³-hybridized carbons (Fsp3) is 1.00. The molecular weight excluding hydrogens is 524 g/mol. The van der Waals surface area contributed by atoms with Crippen molar-refractivity contribution >= 4 is 0 Å². The second kappa shape index (κ2) is 22.2. The van der Waals surface area contributed by atoms with Gasteiger partial charge in [-0.3, -0.25) is 9.80 Å². The van der Waals surface area contributed by atoms with Crippen molar-refractivity contribution in [3.05, 3.63) is 0 Å². The van der Waals surface area contributed by atoms with E-state index < -0.39 is 0 Å². The molecule has 0 spiro atoms. The number of likely N-dealkylation sites (tertiary alicyclic amines) is 2. The first-order valence-electron chi connectivity index (χ1n) is 17.9. The third-order valence-electron chi connectivity index (χ3n) is 9.46. The summed E-state index contributed by atoms with van der Waals surface area (Å²) in [6.07, 6.45) is 6.18. The molecule has 0 radical (unpaired) electrons. The molecular formula is C34H72N6O2. The van der Waals surface area contributed by atoms with Crippen LogP contribution in [0.4, 0.5) is 0 Å². The first kappa shape index (κ1) is 37.9. The fourth-order valence-corrected chi connectivity index (χ4v) is 6.59. The second-order valence-corrected chi connectivity index (χ2v) is 13.3. The van der Waals surface area contributed by atoms with Crippen molar-refractivity contribution in [1.82, 2.24) is 29.4 Å². The van der Waals surface area contributed by atoms with Crippen LogP contribution in [0.1, 0.15) is 74.1 Å². The molecule has 250 valence electrons. The van der Waals surface area contributed by atoms with E-state index in [4.69, 9.17) is 9.47 Å². The number of hydrogen-bond acceptors (Lipinski definition) is 8. The van der Waals surface area contributed by atoms with E-state index in [1.807, 2.05) is 13.8 Å². The third-order valence-corrected chi connectivity index (χ3v) is 9.46. The number of nitrogens with zero attached hydrogens (tertiary/aromatic N) is 6. The summed E-state index contributed by atoms with van der Waals surface area (Å²) in [6.45, 7) is 36.3. The minimum atomic E-state index is 0.362. The highest BCUT2D eigenvalue weighted by atomic mass is 16.5. The first-order valence-corrected chi connectivity index (χ1v) is 17.9. The quantitative estimate of drug-likeness (QED) is 0.336. The van der Waals surface area contributed by atoms with Crippen molar-refractivity contribution in [1.29, 1.82) is 0 Å². The lowest BCUT2D eigenvalue weighted by Gasteiger charge is -2.42. The molecule has 4 rings (SSSR count). The molecule has 4 aliphatic heterocycles. The zero-order valence-electron chi connectivity index (χ0n) is 29.4. The lowest BCUT2D eigenvalue weighted by Crippen LogP contribution is -2.53. The molecule has 0 amide bonds. The van der Waals surface area contributed by atoms with Crippen molar-refractivity contribution in [3.63, 3.8) is 0 Å². The van der Waals surface area contributed by atoms with Crippen LogP contribution >= 0.6 is 0 Å². The number of piperazine rings is 2. The summed E-state index contributed by atoms with van der Waals surface area (Å²) in [7, 11) is 2.24. The average molecular weight is 597 g/mol. The molecule has 0 aliphatic carbocycles. The van der Waals surface area contributed by atoms with Gasteiger partial charge in [0, 0.05) is 78.0 Å². The van der Waals surface area contributed by atoms with Crippen LogP contribution in [-0.4, -0.2) is 173 Å². The fourth-order valence-electron chi connectivity index (χ4n) is 6.59. The van der Waals surface area contributed by atoms with Crippen molar-refractivity contribution in [3.8, 4) is 0 Å². The Morgan fingerprint density at radius 2 is 1.02 bits per heavy atom. The summed E-state index contributed by atoms with van der Waals surface area (Å²) in [5.74, 6) is 0.917. The normalized spacial score (nSPS) is 23.6. The van der Waals surface area contributed by atoms with Gasteiger partial charge >= 0.3 is 0 Å². The Bertz CT molecular complexity index is 622. The van der Waals surface area contributed by atoms with Gasteiger partial charge < -0.3 is 29.1 Å². The molecule has 0 aromatic heterocycles. The molecule has 0 aromatic rings. The lowest BCUT2D eigenvalue weighted by molar-refractivity contribution is 0.0294. The first-order chi connectivity index (χ1) is 20.3. The van der Waals surface area contributed by atoms with Gasteiger partial charge in [0.2, 0.25) is 0 Å². The number of ether oxygens (including phenoxy) is 2. The van der Waals surface area contributed by atoms with Crippen LogP contribution in [0.3, 0.4) is 0 Å². The standard InChI is InChI=1S/C17H35N3O.C15H31N3O.C2H6/c1-4-18-9-11-20(12-10-18)15-17-5-7-19(8-6-17)13-14-21-16(2)3;1-14(2)19-13-12-17-8-10-18(11-9-17)15-4-6-16(3)7-5-15;1-2/h16-17H,4-15H2,1-3H3;14-15H,4-13H2,1-3H3;1-2H3.